The summed E-state index contributed by atoms with van der Waals surface area (Å²) in [5, 5.41) is 19.5. The number of carboxylic acids is 1. The van der Waals surface area contributed by atoms with Crippen molar-refractivity contribution in [3.05, 3.63) is 33.9 Å². The molecule has 0 unspecified atom stereocenters. The second kappa shape index (κ2) is 8.43. The summed E-state index contributed by atoms with van der Waals surface area (Å²) in [6.07, 6.45) is 0.203. The molecule has 1 aromatic rings. The van der Waals surface area contributed by atoms with Crippen LogP contribution < -0.4 is 4.74 Å². The first-order valence-corrected chi connectivity index (χ1v) is 7.96. The minimum Gasteiger partial charge on any atom is -0.493 e. The number of ether oxygens (including phenoxy) is 1. The van der Waals surface area contributed by atoms with E-state index in [0.717, 1.165) is 0 Å². The molecule has 1 amide bonds. The first-order chi connectivity index (χ1) is 11.9. The van der Waals surface area contributed by atoms with Crippen LogP contribution in [0.5, 0.6) is 5.75 Å². The van der Waals surface area contributed by atoms with Crippen LogP contribution in [0.4, 0.5) is 5.69 Å². The fourth-order valence-corrected chi connectivity index (χ4v) is 2.68. The third-order valence-corrected chi connectivity index (χ3v) is 4.03. The molecule has 1 saturated heterocycles. The molecule has 0 aromatic heterocycles. The normalized spacial score (nSPS) is 15.0. The second-order valence-electron chi connectivity index (χ2n) is 5.85. The lowest BCUT2D eigenvalue weighted by molar-refractivity contribution is -0.385. The van der Waals surface area contributed by atoms with E-state index in [9.17, 15) is 19.7 Å². The highest BCUT2D eigenvalue weighted by Crippen LogP contribution is 2.23. The maximum absolute atomic E-state index is 12.1. The van der Waals surface area contributed by atoms with Crippen molar-refractivity contribution in [3.8, 4) is 5.75 Å². The molecule has 0 spiro atoms. The van der Waals surface area contributed by atoms with Crippen molar-refractivity contribution in [2.75, 3.05) is 39.3 Å². The molecule has 0 bridgehead atoms. The van der Waals surface area contributed by atoms with E-state index in [2.05, 4.69) is 0 Å². The first-order valence-electron chi connectivity index (χ1n) is 7.96. The Balaban J connectivity index is 1.75. The molecule has 0 aliphatic carbocycles. The molecule has 25 heavy (non-hydrogen) atoms. The van der Waals surface area contributed by atoms with Crippen LogP contribution in [0.2, 0.25) is 0 Å². The minimum atomic E-state index is -0.869. The molecule has 1 fully saturated rings. The molecule has 2 rings (SSSR count). The van der Waals surface area contributed by atoms with Crippen molar-refractivity contribution in [3.63, 3.8) is 0 Å². The number of aliphatic carboxylic acids is 1. The fourth-order valence-electron chi connectivity index (χ4n) is 2.68. The quantitative estimate of drug-likeness (QED) is 0.573. The van der Waals surface area contributed by atoms with Crippen LogP contribution in [0.3, 0.4) is 0 Å². The van der Waals surface area contributed by atoms with Crippen LogP contribution in [-0.2, 0) is 9.59 Å². The molecule has 136 valence electrons. The average molecular weight is 351 g/mol. The molecule has 1 heterocycles. The van der Waals surface area contributed by atoms with Gasteiger partial charge in [-0.2, -0.15) is 0 Å². The van der Waals surface area contributed by atoms with Gasteiger partial charge in [-0.1, -0.05) is 0 Å². The van der Waals surface area contributed by atoms with Gasteiger partial charge in [0.25, 0.3) is 5.69 Å². The van der Waals surface area contributed by atoms with Crippen LogP contribution >= 0.6 is 0 Å². The smallest absolute Gasteiger partial charge is 0.317 e. The van der Waals surface area contributed by atoms with E-state index in [1.165, 1.54) is 12.1 Å². The zero-order chi connectivity index (χ0) is 18.4. The van der Waals surface area contributed by atoms with Crippen molar-refractivity contribution in [2.45, 2.75) is 13.3 Å². The van der Waals surface area contributed by atoms with Gasteiger partial charge in [0, 0.05) is 37.8 Å². The number of benzene rings is 1. The van der Waals surface area contributed by atoms with E-state index in [1.807, 2.05) is 0 Å². The van der Waals surface area contributed by atoms with Gasteiger partial charge in [-0.25, -0.2) is 0 Å². The molecule has 1 aliphatic heterocycles. The Kier molecular flexibility index (Phi) is 6.29. The lowest BCUT2D eigenvalue weighted by atomic mass is 10.2. The molecule has 0 atom stereocenters. The number of carbonyl (C=O) groups excluding carboxylic acids is 1. The highest BCUT2D eigenvalue weighted by Gasteiger charge is 2.22. The lowest BCUT2D eigenvalue weighted by Gasteiger charge is -2.33. The molecule has 9 nitrogen and oxygen atoms in total. The number of rotatable bonds is 7. The topological polar surface area (TPSA) is 113 Å². The van der Waals surface area contributed by atoms with Crippen molar-refractivity contribution in [2.24, 2.45) is 0 Å². The maximum atomic E-state index is 12.1. The van der Waals surface area contributed by atoms with E-state index in [-0.39, 0.29) is 31.2 Å². The number of hydrogen-bond donors (Lipinski definition) is 1. The van der Waals surface area contributed by atoms with Gasteiger partial charge in [0.15, 0.2) is 0 Å². The summed E-state index contributed by atoms with van der Waals surface area (Å²) in [5.41, 5.74) is 0.533. The lowest BCUT2D eigenvalue weighted by Crippen LogP contribution is -2.50. The zero-order valence-electron chi connectivity index (χ0n) is 14.0. The molecule has 0 radical (unpaired) electrons. The van der Waals surface area contributed by atoms with Gasteiger partial charge in [-0.05, 0) is 19.1 Å². The monoisotopic (exact) mass is 351 g/mol. The fraction of sp³-hybridized carbons (Fsp3) is 0.500. The Morgan fingerprint density at radius 3 is 2.52 bits per heavy atom. The number of piperazine rings is 1. The largest absolute Gasteiger partial charge is 0.493 e. The molecule has 0 saturated carbocycles. The van der Waals surface area contributed by atoms with E-state index < -0.39 is 10.9 Å². The van der Waals surface area contributed by atoms with Crippen molar-refractivity contribution < 1.29 is 24.4 Å². The third-order valence-electron chi connectivity index (χ3n) is 4.03. The number of carboxylic acid groups (broad SMARTS) is 1. The maximum Gasteiger partial charge on any atom is 0.317 e. The predicted molar refractivity (Wildman–Crippen MR) is 88.6 cm³/mol. The van der Waals surface area contributed by atoms with Gasteiger partial charge >= 0.3 is 5.97 Å². The van der Waals surface area contributed by atoms with Gasteiger partial charge in [0.05, 0.1) is 24.5 Å². The van der Waals surface area contributed by atoms with Gasteiger partial charge in [0.2, 0.25) is 5.91 Å². The summed E-state index contributed by atoms with van der Waals surface area (Å²) in [7, 11) is 0. The summed E-state index contributed by atoms with van der Waals surface area (Å²) in [6.45, 7) is 3.90. The molecule has 1 aliphatic rings. The van der Waals surface area contributed by atoms with Gasteiger partial charge in [0.1, 0.15) is 5.75 Å². The SMILES string of the molecule is Cc1cc(OCCC(=O)N2CCN(CC(=O)O)CC2)ccc1[N+](=O)[O-]. The summed E-state index contributed by atoms with van der Waals surface area (Å²) >= 11 is 0. The van der Waals surface area contributed by atoms with Gasteiger partial charge in [-0.15, -0.1) is 0 Å². The van der Waals surface area contributed by atoms with Gasteiger partial charge < -0.3 is 14.7 Å². The van der Waals surface area contributed by atoms with Crippen molar-refractivity contribution in [1.82, 2.24) is 9.80 Å². The van der Waals surface area contributed by atoms with Crippen LogP contribution in [0.25, 0.3) is 0 Å². The minimum absolute atomic E-state index is 0.00929. The molecule has 1 aromatic carbocycles. The van der Waals surface area contributed by atoms with Crippen LogP contribution in [0.1, 0.15) is 12.0 Å². The van der Waals surface area contributed by atoms with Gasteiger partial charge in [-0.3, -0.25) is 24.6 Å². The van der Waals surface area contributed by atoms with Crippen molar-refractivity contribution >= 4 is 17.6 Å². The number of nitrogens with zero attached hydrogens (tertiary/aromatic N) is 3. The Labute approximate surface area is 144 Å². The standard InChI is InChI=1S/C16H21N3O6/c1-12-10-13(2-3-14(12)19(23)24)25-9-4-15(20)18-7-5-17(6-8-18)11-16(21)22/h2-3,10H,4-9,11H2,1H3,(H,21,22). The number of aryl methyl sites for hydroxylation is 1. The second-order valence-corrected chi connectivity index (χ2v) is 5.85. The van der Waals surface area contributed by atoms with Crippen LogP contribution in [0.15, 0.2) is 18.2 Å². The average Bonchev–Trinajstić information content (AvgIpc) is 2.54. The number of nitro benzene ring substituents is 1. The van der Waals surface area contributed by atoms with E-state index >= 15 is 0 Å². The van der Waals surface area contributed by atoms with E-state index in [0.29, 0.717) is 37.5 Å². The molecular formula is C16H21N3O6. The first kappa shape index (κ1) is 18.7. The molecule has 9 heteroatoms. The zero-order valence-corrected chi connectivity index (χ0v) is 14.0. The highest BCUT2D eigenvalue weighted by atomic mass is 16.6. The summed E-state index contributed by atoms with van der Waals surface area (Å²) < 4.78 is 5.50. The Hall–Kier alpha value is -2.68. The number of nitro groups is 1. The summed E-state index contributed by atoms with van der Waals surface area (Å²) in [4.78, 5) is 36.6. The Morgan fingerprint density at radius 1 is 1.28 bits per heavy atom. The Morgan fingerprint density at radius 2 is 1.96 bits per heavy atom. The number of carbonyl (C=O) groups is 2. The summed E-state index contributed by atoms with van der Waals surface area (Å²) in [6, 6.07) is 4.47. The highest BCUT2D eigenvalue weighted by molar-refractivity contribution is 5.76. The van der Waals surface area contributed by atoms with Crippen LogP contribution in [-0.4, -0.2) is 71.0 Å². The Bertz CT molecular complexity index is 655. The molecule has 1 N–H and O–H groups in total. The number of amides is 1. The molecular weight excluding hydrogens is 330 g/mol. The summed E-state index contributed by atoms with van der Waals surface area (Å²) in [5.74, 6) is -0.428. The number of hydrogen-bond acceptors (Lipinski definition) is 6. The van der Waals surface area contributed by atoms with Crippen LogP contribution in [0, 0.1) is 17.0 Å². The third kappa shape index (κ3) is 5.42. The van der Waals surface area contributed by atoms with E-state index in [4.69, 9.17) is 9.84 Å². The van der Waals surface area contributed by atoms with E-state index in [1.54, 1.807) is 22.8 Å². The predicted octanol–water partition coefficient (Wildman–Crippen LogP) is 0.901. The van der Waals surface area contributed by atoms with Crippen molar-refractivity contribution in [1.29, 1.82) is 0 Å².